The van der Waals surface area contributed by atoms with Gasteiger partial charge in [0.15, 0.2) is 17.4 Å². The Hall–Kier alpha value is -2.45. The van der Waals surface area contributed by atoms with E-state index in [9.17, 15) is 18.3 Å². The summed E-state index contributed by atoms with van der Waals surface area (Å²) in [5.41, 5.74) is -1.99. The van der Waals surface area contributed by atoms with Gasteiger partial charge in [-0.25, -0.2) is 13.8 Å². The lowest BCUT2D eigenvalue weighted by molar-refractivity contribution is -0.212. The summed E-state index contributed by atoms with van der Waals surface area (Å²) >= 11 is 5.45. The van der Waals surface area contributed by atoms with Crippen LogP contribution < -0.4 is 4.74 Å². The molecule has 0 atom stereocenters. The molecule has 6 nitrogen and oxygen atoms in total. The van der Waals surface area contributed by atoms with Gasteiger partial charge in [0.25, 0.3) is 0 Å². The summed E-state index contributed by atoms with van der Waals surface area (Å²) in [4.78, 5) is 4.93. The van der Waals surface area contributed by atoms with Crippen LogP contribution in [0.25, 0.3) is 11.0 Å². The Kier molecular flexibility index (Phi) is 9.78. The third-order valence-electron chi connectivity index (χ3n) is 8.97. The molecule has 13 heteroatoms. The number of hydrogen-bond donors (Lipinski definition) is 1. The van der Waals surface area contributed by atoms with Crippen molar-refractivity contribution in [1.82, 2.24) is 9.55 Å². The SMILES string of the molecule is C[Si](C)(C)CCOCn1cc(C2(C(F)(F)F)CCC2)c2c(Oc3c(F)cc(CC(=S)CCC4(CO)COC4)cc3F)ccnc21. The van der Waals surface area contributed by atoms with Crippen molar-refractivity contribution in [2.24, 2.45) is 5.41 Å². The van der Waals surface area contributed by atoms with E-state index in [4.69, 9.17) is 26.4 Å². The molecular formula is C32H39F5N2O4SSi. The van der Waals surface area contributed by atoms with Crippen molar-refractivity contribution in [3.63, 3.8) is 0 Å². The standard InChI is InChI=1S/C32H39F5N2O4SSi/c1-45(2,3)12-11-41-20-39-16-23(31(7-4-8-31)32(35,36)37)27-26(6-10-38-29(27)39)43-28-24(33)14-21(15-25(28)34)13-22(44)5-9-30(17-40)18-42-19-30/h6,10,14-16,40H,4-5,7-9,11-13,17-20H2,1-3H3. The third-order valence-corrected chi connectivity index (χ3v) is 11.0. The maximum atomic E-state index is 15.4. The minimum atomic E-state index is -4.55. The summed E-state index contributed by atoms with van der Waals surface area (Å²) in [6.07, 6.45) is -0.380. The maximum absolute atomic E-state index is 15.4. The lowest BCUT2D eigenvalue weighted by Gasteiger charge is -2.43. The molecule has 1 aliphatic heterocycles. The number of pyridine rings is 1. The highest BCUT2D eigenvalue weighted by atomic mass is 32.1. The van der Waals surface area contributed by atoms with E-state index in [1.54, 1.807) is 0 Å². The average molecular weight is 671 g/mol. The van der Waals surface area contributed by atoms with Crippen LogP contribution in [0.3, 0.4) is 0 Å². The Morgan fingerprint density at radius 3 is 2.38 bits per heavy atom. The first-order valence-corrected chi connectivity index (χ1v) is 19.3. The van der Waals surface area contributed by atoms with Gasteiger partial charge < -0.3 is 23.9 Å². The largest absolute Gasteiger partial charge is 0.450 e. The van der Waals surface area contributed by atoms with E-state index in [0.29, 0.717) is 49.5 Å². The first kappa shape index (κ1) is 33.9. The van der Waals surface area contributed by atoms with Crippen molar-refractivity contribution >= 4 is 36.2 Å². The van der Waals surface area contributed by atoms with Crippen LogP contribution in [0.15, 0.2) is 30.6 Å². The number of rotatable bonds is 14. The van der Waals surface area contributed by atoms with Crippen LogP contribution in [-0.4, -0.2) is 60.2 Å². The molecule has 45 heavy (non-hydrogen) atoms. The molecule has 2 fully saturated rings. The predicted octanol–water partition coefficient (Wildman–Crippen LogP) is 8.10. The van der Waals surface area contributed by atoms with Gasteiger partial charge in [-0.3, -0.25) is 0 Å². The minimum Gasteiger partial charge on any atom is -0.450 e. The van der Waals surface area contributed by atoms with Crippen molar-refractivity contribution in [3.8, 4) is 11.5 Å². The molecular weight excluding hydrogens is 632 g/mol. The Labute approximate surface area is 265 Å². The van der Waals surface area contributed by atoms with E-state index in [1.807, 2.05) is 0 Å². The number of benzene rings is 1. The second-order valence-electron chi connectivity index (χ2n) is 13.7. The highest BCUT2D eigenvalue weighted by Crippen LogP contribution is 2.57. The summed E-state index contributed by atoms with van der Waals surface area (Å²) in [7, 11) is -1.40. The fraction of sp³-hybridized carbons (Fsp3) is 0.562. The Morgan fingerprint density at radius 1 is 1.16 bits per heavy atom. The molecule has 2 aromatic heterocycles. The lowest BCUT2D eigenvalue weighted by Crippen LogP contribution is -2.47. The summed E-state index contributed by atoms with van der Waals surface area (Å²) in [6, 6.07) is 4.46. The number of alkyl halides is 3. The normalized spacial score (nSPS) is 17.6. The quantitative estimate of drug-likeness (QED) is 0.0810. The highest BCUT2D eigenvalue weighted by Gasteiger charge is 2.60. The zero-order chi connectivity index (χ0) is 32.6. The fourth-order valence-corrected chi connectivity index (χ4v) is 6.88. The molecule has 5 rings (SSSR count). The summed E-state index contributed by atoms with van der Waals surface area (Å²) in [5.74, 6) is -2.84. The molecule has 1 aromatic carbocycles. The summed E-state index contributed by atoms with van der Waals surface area (Å²) < 4.78 is 92.8. The van der Waals surface area contributed by atoms with E-state index >= 15 is 8.78 Å². The third kappa shape index (κ3) is 7.12. The van der Waals surface area contributed by atoms with Gasteiger partial charge >= 0.3 is 6.18 Å². The van der Waals surface area contributed by atoms with E-state index in [0.717, 1.165) is 18.2 Å². The van der Waals surface area contributed by atoms with Gasteiger partial charge in [-0.15, -0.1) is 0 Å². The molecule has 1 aliphatic carbocycles. The second-order valence-corrected chi connectivity index (χ2v) is 19.9. The minimum absolute atomic E-state index is 0.0187. The Balaban J connectivity index is 1.42. The molecule has 1 N–H and O–H groups in total. The van der Waals surface area contributed by atoms with Crippen LogP contribution in [0.2, 0.25) is 25.7 Å². The molecule has 1 saturated carbocycles. The van der Waals surface area contributed by atoms with Gasteiger partial charge in [-0.1, -0.05) is 38.3 Å². The van der Waals surface area contributed by atoms with Gasteiger partial charge in [-0.05, 0) is 65.9 Å². The van der Waals surface area contributed by atoms with E-state index in [1.165, 1.54) is 23.0 Å². The number of nitrogens with zero attached hydrogens (tertiary/aromatic N) is 2. The highest BCUT2D eigenvalue weighted by molar-refractivity contribution is 7.80. The van der Waals surface area contributed by atoms with Gasteiger partial charge in [-0.2, -0.15) is 13.2 Å². The molecule has 1 saturated heterocycles. The van der Waals surface area contributed by atoms with Gasteiger partial charge in [0, 0.05) is 38.9 Å². The molecule has 0 amide bonds. The number of aliphatic hydroxyl groups is 1. The van der Waals surface area contributed by atoms with E-state index < -0.39 is 37.0 Å². The number of halogens is 5. The summed E-state index contributed by atoms with van der Waals surface area (Å²) in [6.45, 7) is 7.91. The Morgan fingerprint density at radius 2 is 1.84 bits per heavy atom. The topological polar surface area (TPSA) is 65.7 Å². The molecule has 3 heterocycles. The van der Waals surface area contributed by atoms with Crippen molar-refractivity contribution in [2.75, 3.05) is 26.4 Å². The van der Waals surface area contributed by atoms with Crippen LogP contribution in [0.1, 0.15) is 43.2 Å². The number of aliphatic hydroxyl groups excluding tert-OH is 1. The van der Waals surface area contributed by atoms with E-state index in [2.05, 4.69) is 24.6 Å². The second kappa shape index (κ2) is 13.0. The van der Waals surface area contributed by atoms with Gasteiger partial charge in [0.05, 0.1) is 30.6 Å². The molecule has 0 radical (unpaired) electrons. The molecule has 0 bridgehead atoms. The average Bonchev–Trinajstić information content (AvgIpc) is 3.25. The first-order valence-electron chi connectivity index (χ1n) is 15.2. The number of thiocarbonyl (C=S) groups is 1. The Bertz CT molecular complexity index is 1520. The lowest BCUT2D eigenvalue weighted by atomic mass is 9.64. The van der Waals surface area contributed by atoms with Crippen molar-refractivity contribution in [1.29, 1.82) is 0 Å². The van der Waals surface area contributed by atoms with Crippen LogP contribution >= 0.6 is 12.2 Å². The summed E-state index contributed by atoms with van der Waals surface area (Å²) in [5, 5.41) is 9.68. The van der Waals surface area contributed by atoms with Crippen molar-refractivity contribution in [3.05, 3.63) is 53.4 Å². The van der Waals surface area contributed by atoms with E-state index in [-0.39, 0.29) is 60.4 Å². The monoisotopic (exact) mass is 670 g/mol. The number of hydrogen-bond acceptors (Lipinski definition) is 6. The first-order chi connectivity index (χ1) is 21.2. The van der Waals surface area contributed by atoms with Gasteiger partial charge in [0.1, 0.15) is 18.1 Å². The number of ether oxygens (including phenoxy) is 3. The predicted molar refractivity (Wildman–Crippen MR) is 168 cm³/mol. The molecule has 2 aliphatic rings. The molecule has 0 spiro atoms. The van der Waals surface area contributed by atoms with Crippen LogP contribution in [0.4, 0.5) is 22.0 Å². The molecule has 0 unspecified atom stereocenters. The number of fused-ring (bicyclic) bond motifs is 1. The van der Waals surface area contributed by atoms with Crippen LogP contribution in [0, 0.1) is 17.0 Å². The zero-order valence-electron chi connectivity index (χ0n) is 25.7. The molecule has 246 valence electrons. The van der Waals surface area contributed by atoms with Crippen LogP contribution in [-0.2, 0) is 28.0 Å². The van der Waals surface area contributed by atoms with Crippen LogP contribution in [0.5, 0.6) is 11.5 Å². The fourth-order valence-electron chi connectivity index (χ4n) is 5.86. The van der Waals surface area contributed by atoms with Gasteiger partial charge in [0.2, 0.25) is 0 Å². The van der Waals surface area contributed by atoms with Crippen molar-refractivity contribution < 1.29 is 41.3 Å². The zero-order valence-corrected chi connectivity index (χ0v) is 27.6. The van der Waals surface area contributed by atoms with Crippen molar-refractivity contribution in [2.45, 2.75) is 82.5 Å². The maximum Gasteiger partial charge on any atom is 0.398 e. The smallest absolute Gasteiger partial charge is 0.398 e. The number of aromatic nitrogens is 2. The molecule has 3 aromatic rings.